The molecule has 0 radical (unpaired) electrons. The highest BCUT2D eigenvalue weighted by atomic mass is 32.2. The van der Waals surface area contributed by atoms with Gasteiger partial charge in [0.25, 0.3) is 0 Å². The Morgan fingerprint density at radius 1 is 0.974 bits per heavy atom. The minimum absolute atomic E-state index is 0.0665. The summed E-state index contributed by atoms with van der Waals surface area (Å²) in [5.41, 5.74) is 0. The molecule has 0 N–H and O–H groups in total. The fraction of sp³-hybridized carbons (Fsp3) is 0.733. The molecule has 1 heterocycles. The van der Waals surface area contributed by atoms with E-state index in [-0.39, 0.29) is 46.0 Å². The van der Waals surface area contributed by atoms with E-state index < -0.39 is 26.5 Å². The summed E-state index contributed by atoms with van der Waals surface area (Å²) in [7, 11) is -7.47. The Balaban J connectivity index is 2.29. The van der Waals surface area contributed by atoms with Crippen LogP contribution in [0.5, 0.6) is 0 Å². The van der Waals surface area contributed by atoms with Crippen molar-refractivity contribution >= 4 is 26.5 Å². The molecule has 0 spiro atoms. The largest absolute Gasteiger partial charge is 0.414 e. The van der Waals surface area contributed by atoms with Gasteiger partial charge in [-0.3, -0.25) is 0 Å². The SMILES string of the molecule is C=CC[C@@H]1O[C@H](C[C@@H](CO[Si](C)(C)C(C)(C)C)O[Si](C)(C)C(C)(C)C)[C@H](C)C1CS(=O)(=O)c1ccccc1. The van der Waals surface area contributed by atoms with Crippen LogP contribution in [-0.2, 0) is 23.4 Å². The zero-order valence-electron chi connectivity index (χ0n) is 25.8. The lowest BCUT2D eigenvalue weighted by Crippen LogP contribution is -2.48. The molecule has 1 aromatic rings. The van der Waals surface area contributed by atoms with Gasteiger partial charge in [-0.2, -0.15) is 0 Å². The first-order valence-electron chi connectivity index (χ1n) is 14.1. The van der Waals surface area contributed by atoms with E-state index in [9.17, 15) is 8.42 Å². The van der Waals surface area contributed by atoms with Crippen LogP contribution in [0.25, 0.3) is 0 Å². The number of sulfone groups is 1. The second-order valence-electron chi connectivity index (χ2n) is 14.2. The molecular weight excluding hydrogens is 529 g/mol. The summed E-state index contributed by atoms with van der Waals surface area (Å²) in [5, 5.41) is 0.180. The van der Waals surface area contributed by atoms with Crippen molar-refractivity contribution in [1.29, 1.82) is 0 Å². The van der Waals surface area contributed by atoms with Gasteiger partial charge in [0, 0.05) is 12.3 Å². The van der Waals surface area contributed by atoms with Crippen LogP contribution < -0.4 is 0 Å². The molecule has 1 fully saturated rings. The standard InChI is InChI=1S/C30H54O5SSi2/c1-13-17-27-26(22-36(31,32)25-18-15-14-16-19-25)23(2)28(34-27)20-24(35-38(11,12)30(6,7)8)21-33-37(9,10)29(3,4)5/h13-16,18-19,23-24,26-28H,1,17,20-22H2,2-12H3/t23-,24+,26?,27+,28-/m1/s1. The van der Waals surface area contributed by atoms with E-state index in [4.69, 9.17) is 13.6 Å². The van der Waals surface area contributed by atoms with Gasteiger partial charge in [0.15, 0.2) is 26.5 Å². The molecule has 5 atom stereocenters. The number of hydrogen-bond acceptors (Lipinski definition) is 5. The van der Waals surface area contributed by atoms with Crippen LogP contribution >= 0.6 is 0 Å². The maximum atomic E-state index is 13.3. The van der Waals surface area contributed by atoms with Gasteiger partial charge in [-0.15, -0.1) is 6.58 Å². The van der Waals surface area contributed by atoms with Gasteiger partial charge in [-0.05, 0) is 60.7 Å². The number of rotatable bonds is 12. The van der Waals surface area contributed by atoms with Crippen molar-refractivity contribution < 1.29 is 22.0 Å². The zero-order valence-corrected chi connectivity index (χ0v) is 28.7. The zero-order chi connectivity index (χ0) is 29.2. The smallest absolute Gasteiger partial charge is 0.192 e. The molecule has 8 heteroatoms. The van der Waals surface area contributed by atoms with Crippen LogP contribution in [0.1, 0.15) is 61.3 Å². The molecule has 5 nitrogen and oxygen atoms in total. The van der Waals surface area contributed by atoms with Crippen molar-refractivity contribution in [2.75, 3.05) is 12.4 Å². The maximum absolute atomic E-state index is 13.3. The van der Waals surface area contributed by atoms with Crippen molar-refractivity contribution in [3.8, 4) is 0 Å². The Morgan fingerprint density at radius 2 is 1.53 bits per heavy atom. The Morgan fingerprint density at radius 3 is 2.03 bits per heavy atom. The lowest BCUT2D eigenvalue weighted by molar-refractivity contribution is -0.00621. The molecule has 0 aromatic heterocycles. The average Bonchev–Trinajstić information content (AvgIpc) is 3.05. The number of hydrogen-bond donors (Lipinski definition) is 0. The van der Waals surface area contributed by atoms with Crippen LogP contribution in [0.3, 0.4) is 0 Å². The van der Waals surface area contributed by atoms with E-state index in [2.05, 4.69) is 81.2 Å². The molecule has 2 rings (SSSR count). The van der Waals surface area contributed by atoms with Gasteiger partial charge in [0.1, 0.15) is 0 Å². The van der Waals surface area contributed by atoms with Gasteiger partial charge in [0.2, 0.25) is 0 Å². The molecule has 0 saturated carbocycles. The molecule has 1 aromatic carbocycles. The third-order valence-electron chi connectivity index (χ3n) is 9.20. The average molecular weight is 583 g/mol. The van der Waals surface area contributed by atoms with E-state index in [1.807, 2.05) is 12.1 Å². The summed E-state index contributed by atoms with van der Waals surface area (Å²) >= 11 is 0. The monoisotopic (exact) mass is 582 g/mol. The highest BCUT2D eigenvalue weighted by molar-refractivity contribution is 7.91. The molecule has 0 aliphatic carbocycles. The van der Waals surface area contributed by atoms with E-state index in [1.165, 1.54) is 0 Å². The molecule has 38 heavy (non-hydrogen) atoms. The van der Waals surface area contributed by atoms with Gasteiger partial charge in [0.05, 0.1) is 35.6 Å². The Labute approximate surface area is 235 Å². The summed E-state index contributed by atoms with van der Waals surface area (Å²) in [5.74, 6) is 0.0244. The minimum atomic E-state index is -3.43. The summed E-state index contributed by atoms with van der Waals surface area (Å²) < 4.78 is 46.8. The molecular formula is C30H54O5SSi2. The van der Waals surface area contributed by atoms with Crippen LogP contribution in [0.15, 0.2) is 47.9 Å². The van der Waals surface area contributed by atoms with Crippen molar-refractivity contribution in [3.63, 3.8) is 0 Å². The van der Waals surface area contributed by atoms with Crippen molar-refractivity contribution in [3.05, 3.63) is 43.0 Å². The number of benzene rings is 1. The van der Waals surface area contributed by atoms with Crippen molar-refractivity contribution in [2.24, 2.45) is 11.8 Å². The van der Waals surface area contributed by atoms with Crippen LogP contribution in [0.2, 0.25) is 36.3 Å². The first-order valence-corrected chi connectivity index (χ1v) is 21.5. The van der Waals surface area contributed by atoms with Gasteiger partial charge >= 0.3 is 0 Å². The maximum Gasteiger partial charge on any atom is 0.192 e. The Kier molecular flexibility index (Phi) is 10.9. The molecule has 1 aliphatic rings. The Bertz CT molecular complexity index is 1010. The van der Waals surface area contributed by atoms with Crippen LogP contribution in [-0.4, -0.2) is 55.7 Å². The van der Waals surface area contributed by atoms with E-state index >= 15 is 0 Å². The van der Waals surface area contributed by atoms with Crippen molar-refractivity contribution in [1.82, 2.24) is 0 Å². The van der Waals surface area contributed by atoms with E-state index in [0.29, 0.717) is 24.3 Å². The minimum Gasteiger partial charge on any atom is -0.414 e. The number of ether oxygens (including phenoxy) is 1. The summed E-state index contributed by atoms with van der Waals surface area (Å²) in [6.07, 6.45) is 2.77. The summed E-state index contributed by atoms with van der Waals surface area (Å²) in [6.45, 7) is 29.2. The predicted octanol–water partition coefficient (Wildman–Crippen LogP) is 7.86. The predicted molar refractivity (Wildman–Crippen MR) is 164 cm³/mol. The summed E-state index contributed by atoms with van der Waals surface area (Å²) in [4.78, 5) is 0.370. The molecule has 0 amide bonds. The third-order valence-corrected chi connectivity index (χ3v) is 20.1. The molecule has 1 aliphatic heterocycles. The first-order chi connectivity index (χ1) is 17.2. The van der Waals surface area contributed by atoms with Crippen LogP contribution in [0.4, 0.5) is 0 Å². The molecule has 1 unspecified atom stereocenters. The third kappa shape index (κ3) is 8.37. The normalized spacial score (nSPS) is 24.4. The molecule has 218 valence electrons. The van der Waals surface area contributed by atoms with E-state index in [1.54, 1.807) is 24.3 Å². The second-order valence-corrected chi connectivity index (χ2v) is 25.8. The lowest BCUT2D eigenvalue weighted by Gasteiger charge is -2.42. The highest BCUT2D eigenvalue weighted by Crippen LogP contribution is 2.42. The highest BCUT2D eigenvalue weighted by Gasteiger charge is 2.46. The fourth-order valence-electron chi connectivity index (χ4n) is 4.49. The quantitative estimate of drug-likeness (QED) is 0.185. The van der Waals surface area contributed by atoms with Gasteiger partial charge in [-0.25, -0.2) is 8.42 Å². The second kappa shape index (κ2) is 12.4. The Hall–Kier alpha value is -0.776. The van der Waals surface area contributed by atoms with Gasteiger partial charge < -0.3 is 13.6 Å². The van der Waals surface area contributed by atoms with Crippen molar-refractivity contribution in [2.45, 2.75) is 121 Å². The first kappa shape index (κ1) is 33.4. The van der Waals surface area contributed by atoms with Gasteiger partial charge in [-0.1, -0.05) is 72.7 Å². The topological polar surface area (TPSA) is 61.8 Å². The lowest BCUT2D eigenvalue weighted by atomic mass is 9.87. The molecule has 0 bridgehead atoms. The summed E-state index contributed by atoms with van der Waals surface area (Å²) in [6, 6.07) is 8.74. The molecule has 1 saturated heterocycles. The van der Waals surface area contributed by atoms with Crippen LogP contribution in [0, 0.1) is 11.8 Å². The van der Waals surface area contributed by atoms with E-state index in [0.717, 1.165) is 0 Å². The fourth-order valence-corrected chi connectivity index (χ4v) is 8.66.